The Bertz CT molecular complexity index is 851. The lowest BCUT2D eigenvalue weighted by Gasteiger charge is -2.14. The summed E-state index contributed by atoms with van der Waals surface area (Å²) >= 11 is 0. The van der Waals surface area contributed by atoms with Crippen LogP contribution in [0.4, 0.5) is 10.2 Å². The van der Waals surface area contributed by atoms with E-state index in [-0.39, 0.29) is 23.5 Å². The molecule has 3 rings (SSSR count). The lowest BCUT2D eigenvalue weighted by atomic mass is 10.1. The first-order chi connectivity index (χ1) is 12.6. The quantitative estimate of drug-likeness (QED) is 0.711. The fraction of sp³-hybridized carbons (Fsp3) is 0.150. The lowest BCUT2D eigenvalue weighted by Crippen LogP contribution is -2.27. The van der Waals surface area contributed by atoms with Gasteiger partial charge in [0.1, 0.15) is 17.3 Å². The summed E-state index contributed by atoms with van der Waals surface area (Å²) in [6.45, 7) is 2.41. The lowest BCUT2D eigenvalue weighted by molar-refractivity contribution is 0.0934. The molecule has 0 saturated carbocycles. The van der Waals surface area contributed by atoms with Gasteiger partial charge >= 0.3 is 0 Å². The van der Waals surface area contributed by atoms with Crippen LogP contribution >= 0.6 is 0 Å². The highest BCUT2D eigenvalue weighted by molar-refractivity contribution is 5.92. The van der Waals surface area contributed by atoms with Crippen molar-refractivity contribution in [2.24, 2.45) is 0 Å². The van der Waals surface area contributed by atoms with Gasteiger partial charge in [-0.3, -0.25) is 4.79 Å². The summed E-state index contributed by atoms with van der Waals surface area (Å²) < 4.78 is 12.9. The third-order valence-corrected chi connectivity index (χ3v) is 3.92. The molecule has 0 saturated heterocycles. The number of benzene rings is 2. The summed E-state index contributed by atoms with van der Waals surface area (Å²) in [5.41, 5.74) is 2.19. The van der Waals surface area contributed by atoms with E-state index in [9.17, 15) is 9.18 Å². The van der Waals surface area contributed by atoms with Gasteiger partial charge < -0.3 is 10.6 Å². The van der Waals surface area contributed by atoms with Crippen molar-refractivity contribution in [1.29, 1.82) is 0 Å². The van der Waals surface area contributed by atoms with Gasteiger partial charge in [0.25, 0.3) is 5.91 Å². The molecule has 1 unspecified atom stereocenters. The molecule has 1 heterocycles. The van der Waals surface area contributed by atoms with Crippen molar-refractivity contribution in [1.82, 2.24) is 15.3 Å². The number of nitrogens with one attached hydrogen (secondary N) is 2. The van der Waals surface area contributed by atoms with E-state index in [1.54, 1.807) is 12.1 Å². The van der Waals surface area contributed by atoms with Crippen LogP contribution in [0.5, 0.6) is 0 Å². The number of carbonyl (C=O) groups is 1. The second-order valence-electron chi connectivity index (χ2n) is 5.87. The summed E-state index contributed by atoms with van der Waals surface area (Å²) in [7, 11) is 0. The Morgan fingerprint density at radius 2 is 1.77 bits per heavy atom. The Morgan fingerprint density at radius 1 is 1.04 bits per heavy atom. The number of hydrogen-bond acceptors (Lipinski definition) is 4. The van der Waals surface area contributed by atoms with Crippen molar-refractivity contribution < 1.29 is 9.18 Å². The standard InChI is InChI=1S/C20H19FN4O/c1-14(16-5-3-2-4-6-16)25-20(26)18-12-24-19(13-22-18)23-11-15-7-9-17(21)10-8-15/h2-10,12-14H,11H2,1H3,(H,23,24)(H,25,26). The molecule has 1 atom stereocenters. The van der Waals surface area contributed by atoms with Crippen molar-refractivity contribution in [3.05, 3.63) is 89.6 Å². The molecule has 2 N–H and O–H groups in total. The first-order valence-electron chi connectivity index (χ1n) is 8.28. The molecule has 5 nitrogen and oxygen atoms in total. The van der Waals surface area contributed by atoms with Crippen LogP contribution in [0.15, 0.2) is 67.0 Å². The fourth-order valence-electron chi connectivity index (χ4n) is 2.43. The normalized spacial score (nSPS) is 11.6. The van der Waals surface area contributed by atoms with E-state index in [0.717, 1.165) is 11.1 Å². The number of amides is 1. The maximum atomic E-state index is 12.9. The molecule has 6 heteroatoms. The second kappa shape index (κ2) is 8.20. The van der Waals surface area contributed by atoms with Gasteiger partial charge in [-0.2, -0.15) is 0 Å². The summed E-state index contributed by atoms with van der Waals surface area (Å²) in [5, 5.41) is 5.98. The van der Waals surface area contributed by atoms with E-state index < -0.39 is 0 Å². The van der Waals surface area contributed by atoms with Gasteiger partial charge in [0.15, 0.2) is 0 Å². The molecule has 0 fully saturated rings. The van der Waals surface area contributed by atoms with Crippen LogP contribution < -0.4 is 10.6 Å². The van der Waals surface area contributed by atoms with Gasteiger partial charge in [-0.25, -0.2) is 14.4 Å². The van der Waals surface area contributed by atoms with Crippen LogP contribution in [-0.2, 0) is 6.54 Å². The van der Waals surface area contributed by atoms with Crippen LogP contribution in [0.1, 0.15) is 34.6 Å². The van der Waals surface area contributed by atoms with E-state index in [4.69, 9.17) is 0 Å². The van der Waals surface area contributed by atoms with Gasteiger partial charge in [0.2, 0.25) is 0 Å². The minimum atomic E-state index is -0.279. The molecule has 0 aliphatic heterocycles. The van der Waals surface area contributed by atoms with Crippen molar-refractivity contribution in [2.75, 3.05) is 5.32 Å². The largest absolute Gasteiger partial charge is 0.365 e. The molecule has 3 aromatic rings. The van der Waals surface area contributed by atoms with Crippen LogP contribution in [0.25, 0.3) is 0 Å². The van der Waals surface area contributed by atoms with Gasteiger partial charge in [-0.15, -0.1) is 0 Å². The molecule has 1 amide bonds. The molecule has 26 heavy (non-hydrogen) atoms. The van der Waals surface area contributed by atoms with Crippen LogP contribution in [0.3, 0.4) is 0 Å². The second-order valence-corrected chi connectivity index (χ2v) is 5.87. The first kappa shape index (κ1) is 17.5. The number of anilines is 1. The summed E-state index contributed by atoms with van der Waals surface area (Å²) in [6, 6.07) is 15.8. The molecule has 0 spiro atoms. The SMILES string of the molecule is CC(NC(=O)c1cnc(NCc2ccc(F)cc2)cn1)c1ccccc1. The predicted molar refractivity (Wildman–Crippen MR) is 98.1 cm³/mol. The number of aromatic nitrogens is 2. The third kappa shape index (κ3) is 4.63. The average molecular weight is 350 g/mol. The zero-order chi connectivity index (χ0) is 18.4. The highest BCUT2D eigenvalue weighted by Crippen LogP contribution is 2.12. The molecule has 1 aromatic heterocycles. The molecule has 0 aliphatic carbocycles. The molecule has 0 aliphatic rings. The Hall–Kier alpha value is -3.28. The van der Waals surface area contributed by atoms with E-state index in [2.05, 4.69) is 20.6 Å². The van der Waals surface area contributed by atoms with E-state index in [0.29, 0.717) is 12.4 Å². The summed E-state index contributed by atoms with van der Waals surface area (Å²) in [4.78, 5) is 20.6. The topological polar surface area (TPSA) is 66.9 Å². The molecular weight excluding hydrogens is 331 g/mol. The Balaban J connectivity index is 1.56. The minimum Gasteiger partial charge on any atom is -0.365 e. The van der Waals surface area contributed by atoms with Crippen molar-refractivity contribution >= 4 is 11.7 Å². The summed E-state index contributed by atoms with van der Waals surface area (Å²) in [5.74, 6) is -0.00504. The Morgan fingerprint density at radius 3 is 2.42 bits per heavy atom. The van der Waals surface area contributed by atoms with E-state index in [1.165, 1.54) is 24.5 Å². The highest BCUT2D eigenvalue weighted by Gasteiger charge is 2.12. The third-order valence-electron chi connectivity index (χ3n) is 3.92. The minimum absolute atomic E-state index is 0.123. The molecular formula is C20H19FN4O. The van der Waals surface area contributed by atoms with Crippen LogP contribution in [-0.4, -0.2) is 15.9 Å². The van der Waals surface area contributed by atoms with E-state index >= 15 is 0 Å². The smallest absolute Gasteiger partial charge is 0.271 e. The number of nitrogens with zero attached hydrogens (tertiary/aromatic N) is 2. The maximum absolute atomic E-state index is 12.9. The molecule has 132 valence electrons. The number of carbonyl (C=O) groups excluding carboxylic acids is 1. The zero-order valence-electron chi connectivity index (χ0n) is 14.3. The highest BCUT2D eigenvalue weighted by atomic mass is 19.1. The van der Waals surface area contributed by atoms with Gasteiger partial charge in [0, 0.05) is 6.54 Å². The molecule has 0 radical (unpaired) electrons. The molecule has 0 bridgehead atoms. The van der Waals surface area contributed by atoms with Crippen molar-refractivity contribution in [3.8, 4) is 0 Å². The first-order valence-corrected chi connectivity index (χ1v) is 8.28. The fourth-order valence-corrected chi connectivity index (χ4v) is 2.43. The summed E-state index contributed by atoms with van der Waals surface area (Å²) in [6.07, 6.45) is 2.94. The maximum Gasteiger partial charge on any atom is 0.271 e. The predicted octanol–water partition coefficient (Wildman–Crippen LogP) is 3.72. The number of rotatable bonds is 6. The van der Waals surface area contributed by atoms with Crippen molar-refractivity contribution in [3.63, 3.8) is 0 Å². The van der Waals surface area contributed by atoms with Gasteiger partial charge in [0.05, 0.1) is 18.4 Å². The van der Waals surface area contributed by atoms with Gasteiger partial charge in [-0.05, 0) is 30.2 Å². The number of halogens is 1. The zero-order valence-corrected chi connectivity index (χ0v) is 14.3. The number of hydrogen-bond donors (Lipinski definition) is 2. The van der Waals surface area contributed by atoms with E-state index in [1.807, 2.05) is 37.3 Å². The Labute approximate surface area is 151 Å². The van der Waals surface area contributed by atoms with Crippen LogP contribution in [0.2, 0.25) is 0 Å². The van der Waals surface area contributed by atoms with Crippen molar-refractivity contribution in [2.45, 2.75) is 19.5 Å². The average Bonchev–Trinajstić information content (AvgIpc) is 2.68. The monoisotopic (exact) mass is 350 g/mol. The Kier molecular flexibility index (Phi) is 5.53. The molecule has 2 aromatic carbocycles. The van der Waals surface area contributed by atoms with Crippen LogP contribution in [0, 0.1) is 5.82 Å². The van der Waals surface area contributed by atoms with Gasteiger partial charge in [-0.1, -0.05) is 42.5 Å².